The molecular weight excluding hydrogens is 700 g/mol. The van der Waals surface area contributed by atoms with Crippen LogP contribution in [0.3, 0.4) is 0 Å². The van der Waals surface area contributed by atoms with E-state index in [-0.39, 0.29) is 21.7 Å². The maximum Gasteiger partial charge on any atom is 4.00 e. The Bertz CT molecular complexity index is 1200. The van der Waals surface area contributed by atoms with E-state index in [9.17, 15) is 17.6 Å². The zero-order valence-corrected chi connectivity index (χ0v) is 31.7. The van der Waals surface area contributed by atoms with Gasteiger partial charge < -0.3 is 21.3 Å². The van der Waals surface area contributed by atoms with E-state index < -0.39 is 23.3 Å². The SMILES string of the molecule is CCCCNC(=S)NCCCc1ccc(F)[c-]c1F.CCCCNC(=S)NCCCc1ccc(F)[c-]c1F.[C-]1=CC=CC1.[C-]1=CC=CC1.[Ti+4]. The molecule has 0 heterocycles. The van der Waals surface area contributed by atoms with Gasteiger partial charge in [-0.25, -0.2) is 41.9 Å². The third-order valence-corrected chi connectivity index (χ3v) is 7.08. The molecule has 0 unspecified atom stereocenters. The molecule has 0 radical (unpaired) electrons. The third kappa shape index (κ3) is 25.8. The van der Waals surface area contributed by atoms with Crippen LogP contribution >= 0.6 is 24.4 Å². The molecule has 264 valence electrons. The van der Waals surface area contributed by atoms with Crippen LogP contribution < -0.4 is 21.3 Å². The van der Waals surface area contributed by atoms with Gasteiger partial charge in [0.25, 0.3) is 0 Å². The topological polar surface area (TPSA) is 48.1 Å². The second-order valence-corrected chi connectivity index (χ2v) is 11.4. The third-order valence-electron chi connectivity index (χ3n) is 6.50. The van der Waals surface area contributed by atoms with Gasteiger partial charge in [0.05, 0.1) is 0 Å². The molecule has 0 aromatic heterocycles. The van der Waals surface area contributed by atoms with Crippen LogP contribution in [0.1, 0.15) is 76.3 Å². The normalized spacial score (nSPS) is 11.6. The van der Waals surface area contributed by atoms with Crippen LogP contribution in [0.4, 0.5) is 17.6 Å². The molecule has 0 aliphatic heterocycles. The largest absolute Gasteiger partial charge is 4.00 e. The quantitative estimate of drug-likeness (QED) is 0.0512. The average molecular weight is 749 g/mol. The first kappa shape index (κ1) is 46.2. The van der Waals surface area contributed by atoms with Gasteiger partial charge in [-0.05, 0) is 50.1 Å². The maximum atomic E-state index is 13.3. The van der Waals surface area contributed by atoms with Crippen LogP contribution in [0.2, 0.25) is 0 Å². The van der Waals surface area contributed by atoms with E-state index in [1.165, 1.54) is 24.3 Å². The molecule has 0 spiro atoms. The van der Waals surface area contributed by atoms with Crippen molar-refractivity contribution in [3.8, 4) is 0 Å². The molecule has 4 nitrogen and oxygen atoms in total. The molecule has 0 bridgehead atoms. The summed E-state index contributed by atoms with van der Waals surface area (Å²) in [5.74, 6) is -2.55. The van der Waals surface area contributed by atoms with Gasteiger partial charge in [0.15, 0.2) is 10.2 Å². The Morgan fingerprint density at radius 3 is 1.24 bits per heavy atom. The van der Waals surface area contributed by atoms with E-state index in [0.29, 0.717) is 47.3 Å². The smallest absolute Gasteiger partial charge is 0.363 e. The summed E-state index contributed by atoms with van der Waals surface area (Å²) in [5, 5.41) is 13.5. The number of nitrogens with one attached hydrogen (secondary N) is 4. The zero-order chi connectivity index (χ0) is 35.2. The van der Waals surface area contributed by atoms with E-state index in [4.69, 9.17) is 24.4 Å². The molecule has 0 atom stereocenters. The molecule has 0 amide bonds. The predicted molar refractivity (Wildman–Crippen MR) is 197 cm³/mol. The van der Waals surface area contributed by atoms with E-state index in [1.54, 1.807) is 0 Å². The molecule has 2 aliphatic carbocycles. The van der Waals surface area contributed by atoms with E-state index in [0.717, 1.165) is 64.5 Å². The standard InChI is InChI=1S/2C14H19F2N2S.2C5H5.Ti/c2*1-2-3-8-17-14(19)18-9-4-5-11-6-7-12(15)10-13(11)16;2*1-2-4-5-3-1;/h2*6-7H,2-5,8-9H2,1H3,(H2,17,18,19);2*1-3H,4H2;/q4*-1;+4. The molecule has 2 aliphatic rings. The van der Waals surface area contributed by atoms with Crippen LogP contribution in [0.25, 0.3) is 0 Å². The van der Waals surface area contributed by atoms with Gasteiger partial charge in [-0.1, -0.05) is 39.5 Å². The Hall–Kier alpha value is -2.79. The van der Waals surface area contributed by atoms with Gasteiger partial charge in [-0.15, -0.1) is 48.2 Å². The van der Waals surface area contributed by atoms with Crippen LogP contribution in [0.15, 0.2) is 60.7 Å². The minimum absolute atomic E-state index is 0. The molecule has 49 heavy (non-hydrogen) atoms. The molecule has 0 saturated heterocycles. The van der Waals surface area contributed by atoms with Crippen molar-refractivity contribution in [1.82, 2.24) is 21.3 Å². The van der Waals surface area contributed by atoms with Crippen molar-refractivity contribution < 1.29 is 39.3 Å². The van der Waals surface area contributed by atoms with Gasteiger partial charge in [0.1, 0.15) is 0 Å². The number of hydrogen-bond donors (Lipinski definition) is 4. The van der Waals surface area contributed by atoms with Crippen LogP contribution in [-0.4, -0.2) is 36.4 Å². The Labute approximate surface area is 317 Å². The van der Waals surface area contributed by atoms with Gasteiger partial charge in [0.2, 0.25) is 0 Å². The maximum absolute atomic E-state index is 13.3. The number of thiocarbonyl (C=S) groups is 2. The summed E-state index contributed by atoms with van der Waals surface area (Å²) in [6.45, 7) is 7.29. The first-order valence-corrected chi connectivity index (χ1v) is 17.3. The zero-order valence-electron chi connectivity index (χ0n) is 28.5. The molecule has 11 heteroatoms. The van der Waals surface area contributed by atoms with Gasteiger partial charge in [-0.2, -0.15) is 24.3 Å². The summed E-state index contributed by atoms with van der Waals surface area (Å²) < 4.78 is 51.9. The number of unbranched alkanes of at least 4 members (excludes halogenated alkanes) is 2. The van der Waals surface area contributed by atoms with E-state index in [1.807, 2.05) is 36.4 Å². The predicted octanol–water partition coefficient (Wildman–Crippen LogP) is 8.53. The van der Waals surface area contributed by atoms with Crippen molar-refractivity contribution in [2.45, 2.75) is 78.1 Å². The van der Waals surface area contributed by atoms with Gasteiger partial charge in [-0.3, -0.25) is 12.2 Å². The molecule has 4 N–H and O–H groups in total. The summed E-state index contributed by atoms with van der Waals surface area (Å²) in [4.78, 5) is 0. The number of rotatable bonds is 14. The summed E-state index contributed by atoms with van der Waals surface area (Å²) in [5.41, 5.74) is 0.959. The Balaban J connectivity index is 0.000000717. The summed E-state index contributed by atoms with van der Waals surface area (Å²) in [6.07, 6.45) is 26.9. The van der Waals surface area contributed by atoms with Crippen molar-refractivity contribution in [1.29, 1.82) is 0 Å². The fraction of sp³-hybridized carbons (Fsp3) is 0.421. The molecule has 0 saturated carbocycles. The molecule has 4 rings (SSSR count). The monoisotopic (exact) mass is 748 g/mol. The number of allylic oxidation sites excluding steroid dienone is 8. The van der Waals surface area contributed by atoms with Crippen LogP contribution in [-0.2, 0) is 34.6 Å². The molecule has 0 fully saturated rings. The van der Waals surface area contributed by atoms with Crippen molar-refractivity contribution in [2.75, 3.05) is 26.2 Å². The van der Waals surface area contributed by atoms with Crippen molar-refractivity contribution in [3.05, 3.63) is 119 Å². The molecular formula is C38H48F4N4S2Ti. The fourth-order valence-corrected chi connectivity index (χ4v) is 4.27. The van der Waals surface area contributed by atoms with Crippen LogP contribution in [0, 0.1) is 47.6 Å². The molecule has 2 aromatic carbocycles. The first-order valence-electron chi connectivity index (χ1n) is 16.5. The molecule has 2 aromatic rings. The fourth-order valence-electron chi connectivity index (χ4n) is 3.86. The number of benzene rings is 2. The average Bonchev–Trinajstić information content (AvgIpc) is 3.84. The number of halogens is 4. The van der Waals surface area contributed by atoms with Gasteiger partial charge >= 0.3 is 21.7 Å². The summed E-state index contributed by atoms with van der Waals surface area (Å²) in [6, 6.07) is 9.43. The van der Waals surface area contributed by atoms with Crippen molar-refractivity contribution >= 4 is 34.7 Å². The van der Waals surface area contributed by atoms with E-state index in [2.05, 4.69) is 59.4 Å². The summed E-state index contributed by atoms with van der Waals surface area (Å²) in [7, 11) is 0. The number of aryl methyl sites for hydroxylation is 2. The number of hydrogen-bond acceptors (Lipinski definition) is 2. The minimum atomic E-state index is -0.666. The Morgan fingerprint density at radius 1 is 0.612 bits per heavy atom. The second-order valence-electron chi connectivity index (χ2n) is 10.6. The Kier molecular flexibility index (Phi) is 29.4. The van der Waals surface area contributed by atoms with Crippen LogP contribution in [0.5, 0.6) is 0 Å². The minimum Gasteiger partial charge on any atom is -0.363 e. The Morgan fingerprint density at radius 2 is 0.980 bits per heavy atom. The first-order chi connectivity index (χ1) is 23.3. The second kappa shape index (κ2) is 31.2. The van der Waals surface area contributed by atoms with E-state index >= 15 is 0 Å². The van der Waals surface area contributed by atoms with Gasteiger partial charge in [0, 0.05) is 49.4 Å². The van der Waals surface area contributed by atoms with Crippen molar-refractivity contribution in [2.24, 2.45) is 0 Å². The summed E-state index contributed by atoms with van der Waals surface area (Å²) >= 11 is 10.2. The van der Waals surface area contributed by atoms with Crippen molar-refractivity contribution in [3.63, 3.8) is 0 Å².